The first-order valence-corrected chi connectivity index (χ1v) is 10.8. The van der Waals surface area contributed by atoms with Crippen molar-refractivity contribution < 1.29 is 14.7 Å². The number of hydrogen-bond donors (Lipinski definition) is 1. The fourth-order valence-corrected chi connectivity index (χ4v) is 4.87. The highest BCUT2D eigenvalue weighted by Gasteiger charge is 2.46. The van der Waals surface area contributed by atoms with E-state index >= 15 is 0 Å². The van der Waals surface area contributed by atoms with Gasteiger partial charge in [-0.1, -0.05) is 59.5 Å². The quantitative estimate of drug-likeness (QED) is 0.384. The van der Waals surface area contributed by atoms with E-state index in [0.29, 0.717) is 14.3 Å². The fraction of sp³-hybridized carbons (Fsp3) is 0.111. The fourth-order valence-electron chi connectivity index (χ4n) is 2.91. The predicted octanol–water partition coefficient (Wildman–Crippen LogP) is 4.10. The zero-order valence-corrected chi connectivity index (χ0v) is 16.5. The molecule has 1 N–H and O–H groups in total. The van der Waals surface area contributed by atoms with Crippen molar-refractivity contribution in [2.24, 2.45) is 0 Å². The van der Waals surface area contributed by atoms with Crippen molar-refractivity contribution in [1.82, 2.24) is 10.2 Å². The van der Waals surface area contributed by atoms with Gasteiger partial charge in [-0.05, 0) is 23.3 Å². The van der Waals surface area contributed by atoms with Crippen LogP contribution in [0.25, 0.3) is 0 Å². The molecule has 4 rings (SSSR count). The van der Waals surface area contributed by atoms with Crippen LogP contribution < -0.4 is 4.90 Å². The van der Waals surface area contributed by atoms with Crippen LogP contribution in [0.4, 0.5) is 5.13 Å². The van der Waals surface area contributed by atoms with E-state index in [1.165, 1.54) is 39.3 Å². The number of thioether (sulfide) groups is 1. The van der Waals surface area contributed by atoms with Gasteiger partial charge in [-0.3, -0.25) is 14.5 Å². The summed E-state index contributed by atoms with van der Waals surface area (Å²) in [7, 11) is 0. The molecule has 1 atom stereocenters. The number of rotatable bonds is 5. The summed E-state index contributed by atoms with van der Waals surface area (Å²) in [6.07, 6.45) is 1.87. The lowest BCUT2D eigenvalue weighted by molar-refractivity contribution is -0.117. The number of amides is 1. The molecule has 27 heavy (non-hydrogen) atoms. The molecule has 1 aliphatic rings. The van der Waals surface area contributed by atoms with Gasteiger partial charge >= 0.3 is 0 Å². The molecule has 0 fully saturated rings. The molecule has 0 radical (unpaired) electrons. The summed E-state index contributed by atoms with van der Waals surface area (Å²) in [5.74, 6) is -1.54. The van der Waals surface area contributed by atoms with E-state index in [1.54, 1.807) is 17.5 Å². The van der Waals surface area contributed by atoms with Crippen molar-refractivity contribution in [3.05, 3.63) is 69.6 Å². The summed E-state index contributed by atoms with van der Waals surface area (Å²) >= 11 is 3.93. The average molecular weight is 416 g/mol. The third-order valence-electron chi connectivity index (χ3n) is 4.09. The second kappa shape index (κ2) is 7.26. The first-order valence-electron chi connectivity index (χ1n) is 7.89. The van der Waals surface area contributed by atoms with E-state index in [4.69, 9.17) is 0 Å². The Morgan fingerprint density at radius 3 is 2.59 bits per heavy atom. The first-order chi connectivity index (χ1) is 13.1. The summed E-state index contributed by atoms with van der Waals surface area (Å²) in [6, 6.07) is 11.8. The molecular formula is C18H13N3O3S3. The Labute approximate surface area is 167 Å². The molecule has 6 nitrogen and oxygen atoms in total. The van der Waals surface area contributed by atoms with E-state index in [1.807, 2.05) is 36.6 Å². The molecule has 1 aliphatic heterocycles. The number of Topliss-reactive ketones (excluding diaryl/α,β-unsaturated/α-hetero) is 1. The highest BCUT2D eigenvalue weighted by atomic mass is 32.2. The van der Waals surface area contributed by atoms with Gasteiger partial charge in [0.1, 0.15) is 0 Å². The van der Waals surface area contributed by atoms with E-state index in [0.717, 1.165) is 5.56 Å². The van der Waals surface area contributed by atoms with Gasteiger partial charge in [-0.25, -0.2) is 0 Å². The lowest BCUT2D eigenvalue weighted by atomic mass is 9.96. The van der Waals surface area contributed by atoms with Crippen LogP contribution in [0.3, 0.4) is 0 Å². The van der Waals surface area contributed by atoms with Gasteiger partial charge in [0.05, 0.1) is 16.5 Å². The number of thiophene rings is 1. The molecule has 0 spiro atoms. The maximum absolute atomic E-state index is 13.1. The molecule has 1 aromatic carbocycles. The predicted molar refractivity (Wildman–Crippen MR) is 107 cm³/mol. The summed E-state index contributed by atoms with van der Waals surface area (Å²) in [5.41, 5.74) is 0.783. The minimum absolute atomic E-state index is 0.0644. The number of hydrogen-bond acceptors (Lipinski definition) is 8. The maximum atomic E-state index is 13.1. The Hall–Kier alpha value is -2.49. The van der Waals surface area contributed by atoms with E-state index in [9.17, 15) is 14.7 Å². The number of nitrogens with zero attached hydrogens (tertiary/aromatic N) is 3. The lowest BCUT2D eigenvalue weighted by Gasteiger charge is -2.23. The van der Waals surface area contributed by atoms with Gasteiger partial charge in [0, 0.05) is 0 Å². The topological polar surface area (TPSA) is 83.4 Å². The summed E-state index contributed by atoms with van der Waals surface area (Å²) < 4.78 is 0.696. The summed E-state index contributed by atoms with van der Waals surface area (Å²) in [4.78, 5) is 27.8. The smallest absolute Gasteiger partial charge is 0.296 e. The third kappa shape index (κ3) is 3.07. The van der Waals surface area contributed by atoms with Crippen molar-refractivity contribution in [2.75, 3.05) is 11.2 Å². The molecule has 9 heteroatoms. The Morgan fingerprint density at radius 1 is 1.19 bits per heavy atom. The number of aromatic nitrogens is 2. The molecule has 1 amide bonds. The Kier molecular flexibility index (Phi) is 4.81. The molecule has 136 valence electrons. The van der Waals surface area contributed by atoms with Gasteiger partial charge in [-0.2, -0.15) is 0 Å². The van der Waals surface area contributed by atoms with E-state index in [2.05, 4.69) is 10.2 Å². The van der Waals surface area contributed by atoms with Crippen LogP contribution in [0.1, 0.15) is 21.3 Å². The molecule has 2 aromatic heterocycles. The Morgan fingerprint density at radius 2 is 1.96 bits per heavy atom. The zero-order valence-electron chi connectivity index (χ0n) is 14.0. The third-order valence-corrected chi connectivity index (χ3v) is 6.86. The monoisotopic (exact) mass is 415 g/mol. The number of aliphatic hydroxyl groups excluding tert-OH is 1. The number of benzene rings is 1. The Bertz CT molecular complexity index is 1030. The second-order valence-electron chi connectivity index (χ2n) is 5.61. The van der Waals surface area contributed by atoms with E-state index < -0.39 is 17.7 Å². The second-order valence-corrected chi connectivity index (χ2v) is 8.57. The van der Waals surface area contributed by atoms with Crippen LogP contribution in [0.5, 0.6) is 0 Å². The molecular weight excluding hydrogens is 402 g/mol. The highest BCUT2D eigenvalue weighted by molar-refractivity contribution is 8.00. The van der Waals surface area contributed by atoms with Crippen LogP contribution in [-0.2, 0) is 4.79 Å². The van der Waals surface area contributed by atoms with Crippen LogP contribution >= 0.6 is 34.4 Å². The highest BCUT2D eigenvalue weighted by Crippen LogP contribution is 2.43. The van der Waals surface area contributed by atoms with Gasteiger partial charge < -0.3 is 5.11 Å². The van der Waals surface area contributed by atoms with Gasteiger partial charge in [-0.15, -0.1) is 21.5 Å². The van der Waals surface area contributed by atoms with Crippen molar-refractivity contribution in [3.8, 4) is 0 Å². The lowest BCUT2D eigenvalue weighted by Crippen LogP contribution is -2.30. The Balaban J connectivity index is 1.86. The van der Waals surface area contributed by atoms with Crippen molar-refractivity contribution in [3.63, 3.8) is 0 Å². The minimum atomic E-state index is -0.754. The molecule has 3 aromatic rings. The average Bonchev–Trinajstić information content (AvgIpc) is 3.43. The number of anilines is 1. The molecule has 0 aliphatic carbocycles. The number of ketones is 1. The standard InChI is InChI=1S/C18H13N3O3S3/c1-25-18-20-19-17(27-18)21-13(10-6-3-2-4-7-10)12(15(23)16(21)24)14(22)11-8-5-9-26-11/h2-9,13,23H,1H3/t13-/m0/s1. The largest absolute Gasteiger partial charge is 0.503 e. The number of aliphatic hydroxyl groups is 1. The van der Waals surface area contributed by atoms with Crippen LogP contribution in [0.2, 0.25) is 0 Å². The number of carbonyl (C=O) groups excluding carboxylic acids is 2. The number of carbonyl (C=O) groups is 2. The normalized spacial score (nSPS) is 17.0. The molecule has 3 heterocycles. The first kappa shape index (κ1) is 17.9. The zero-order chi connectivity index (χ0) is 19.0. The van der Waals surface area contributed by atoms with Crippen molar-refractivity contribution in [2.45, 2.75) is 10.4 Å². The summed E-state index contributed by atoms with van der Waals surface area (Å²) in [5, 5.41) is 20.8. The van der Waals surface area contributed by atoms with Gasteiger partial charge in [0.25, 0.3) is 5.91 Å². The van der Waals surface area contributed by atoms with Crippen molar-refractivity contribution >= 4 is 51.3 Å². The molecule has 0 bridgehead atoms. The van der Waals surface area contributed by atoms with Crippen LogP contribution in [0, 0.1) is 0 Å². The maximum Gasteiger partial charge on any atom is 0.296 e. The van der Waals surface area contributed by atoms with Crippen molar-refractivity contribution in [1.29, 1.82) is 0 Å². The SMILES string of the molecule is CSc1nnc(N2C(=O)C(O)=C(C(=O)c3cccs3)[C@@H]2c2ccccc2)s1. The molecule has 0 unspecified atom stereocenters. The minimum Gasteiger partial charge on any atom is -0.503 e. The van der Waals surface area contributed by atoms with Gasteiger partial charge in [0.15, 0.2) is 10.1 Å². The van der Waals surface area contributed by atoms with E-state index in [-0.39, 0.29) is 11.4 Å². The summed E-state index contributed by atoms with van der Waals surface area (Å²) in [6.45, 7) is 0. The van der Waals surface area contributed by atoms with Crippen LogP contribution in [0.15, 0.2) is 63.5 Å². The van der Waals surface area contributed by atoms with Gasteiger partial charge in [0.2, 0.25) is 10.9 Å². The molecule has 0 saturated heterocycles. The van der Waals surface area contributed by atoms with Crippen LogP contribution in [-0.4, -0.2) is 33.3 Å². The molecule has 0 saturated carbocycles.